The van der Waals surface area contributed by atoms with Crippen molar-refractivity contribution in [2.45, 2.75) is 46.6 Å². The predicted octanol–water partition coefficient (Wildman–Crippen LogP) is 3.08. The number of likely N-dealkylation sites (tertiary alicyclic amines) is 1. The smallest absolute Gasteiger partial charge is 0.340 e. The maximum atomic E-state index is 13.0. The second-order valence-electron chi connectivity index (χ2n) is 7.85. The minimum atomic E-state index is -0.430. The lowest BCUT2D eigenvalue weighted by molar-refractivity contribution is -0.121. The van der Waals surface area contributed by atoms with Crippen LogP contribution in [-0.2, 0) is 9.53 Å². The van der Waals surface area contributed by atoms with E-state index >= 15 is 0 Å². The van der Waals surface area contributed by atoms with Crippen LogP contribution in [-0.4, -0.2) is 51.8 Å². The van der Waals surface area contributed by atoms with Crippen LogP contribution in [0.5, 0.6) is 0 Å². The Morgan fingerprint density at radius 2 is 1.90 bits per heavy atom. The van der Waals surface area contributed by atoms with Crippen molar-refractivity contribution >= 4 is 23.6 Å². The zero-order chi connectivity index (χ0) is 21.8. The number of nitrogens with one attached hydrogen (secondary N) is 2. The highest BCUT2D eigenvalue weighted by atomic mass is 16.5. The Labute approximate surface area is 176 Å². The Hall–Kier alpha value is -3.16. The molecule has 8 heteroatoms. The highest BCUT2D eigenvalue weighted by molar-refractivity contribution is 6.00. The van der Waals surface area contributed by atoms with E-state index in [4.69, 9.17) is 4.74 Å². The zero-order valence-electron chi connectivity index (χ0n) is 17.8. The first kappa shape index (κ1) is 21.5. The molecule has 1 aliphatic heterocycles. The minimum Gasteiger partial charge on any atom is -0.459 e. The van der Waals surface area contributed by atoms with Crippen molar-refractivity contribution < 1.29 is 19.1 Å². The summed E-state index contributed by atoms with van der Waals surface area (Å²) >= 11 is 0. The third-order valence-corrected chi connectivity index (χ3v) is 5.27. The van der Waals surface area contributed by atoms with Crippen LogP contribution in [0.25, 0.3) is 0 Å². The molecule has 0 bridgehead atoms. The number of aromatic amines is 1. The number of aromatic nitrogens is 2. The van der Waals surface area contributed by atoms with Gasteiger partial charge in [-0.1, -0.05) is 6.07 Å². The summed E-state index contributed by atoms with van der Waals surface area (Å²) < 4.78 is 5.29. The van der Waals surface area contributed by atoms with Crippen LogP contribution >= 0.6 is 0 Å². The summed E-state index contributed by atoms with van der Waals surface area (Å²) in [6.07, 6.45) is 2.54. The fraction of sp³-hybridized carbons (Fsp3) is 0.455. The number of amides is 2. The molecule has 2 amide bonds. The van der Waals surface area contributed by atoms with E-state index in [9.17, 15) is 14.4 Å². The summed E-state index contributed by atoms with van der Waals surface area (Å²) in [5, 5.41) is 2.82. The SMILES string of the molecule is Cc1[nH]c(C(=O)N2CCC(C(=O)Nc3ccccn3)CC2)c(C)c1C(=O)OC(C)C. The van der Waals surface area contributed by atoms with Crippen molar-refractivity contribution in [3.8, 4) is 0 Å². The molecule has 0 atom stereocenters. The summed E-state index contributed by atoms with van der Waals surface area (Å²) in [6, 6.07) is 5.35. The van der Waals surface area contributed by atoms with Gasteiger partial charge in [-0.05, 0) is 58.2 Å². The average molecular weight is 412 g/mol. The fourth-order valence-electron chi connectivity index (χ4n) is 3.71. The molecule has 0 aliphatic carbocycles. The number of hydrogen-bond donors (Lipinski definition) is 2. The van der Waals surface area contributed by atoms with Crippen LogP contribution in [0.4, 0.5) is 5.82 Å². The van der Waals surface area contributed by atoms with E-state index in [1.54, 1.807) is 50.9 Å². The van der Waals surface area contributed by atoms with Crippen molar-refractivity contribution in [2.24, 2.45) is 5.92 Å². The molecule has 3 heterocycles. The second-order valence-corrected chi connectivity index (χ2v) is 7.85. The van der Waals surface area contributed by atoms with Crippen molar-refractivity contribution in [3.63, 3.8) is 0 Å². The van der Waals surface area contributed by atoms with Crippen LogP contribution in [0.2, 0.25) is 0 Å². The molecule has 2 N–H and O–H groups in total. The molecule has 0 saturated carbocycles. The number of ether oxygens (including phenoxy) is 1. The van der Waals surface area contributed by atoms with Crippen LogP contribution < -0.4 is 5.32 Å². The number of aryl methyl sites for hydroxylation is 1. The molecular formula is C22H28N4O4. The van der Waals surface area contributed by atoms with Gasteiger partial charge in [0.05, 0.1) is 11.7 Å². The van der Waals surface area contributed by atoms with Crippen LogP contribution in [0.3, 0.4) is 0 Å². The highest BCUT2D eigenvalue weighted by Crippen LogP contribution is 2.24. The van der Waals surface area contributed by atoms with Crippen molar-refractivity contribution in [1.82, 2.24) is 14.9 Å². The molecule has 0 spiro atoms. The number of carbonyl (C=O) groups excluding carboxylic acids is 3. The van der Waals surface area contributed by atoms with Gasteiger partial charge in [0.25, 0.3) is 5.91 Å². The van der Waals surface area contributed by atoms with Crippen LogP contribution in [0.1, 0.15) is 58.8 Å². The monoisotopic (exact) mass is 412 g/mol. The summed E-state index contributed by atoms with van der Waals surface area (Å²) in [7, 11) is 0. The van der Waals surface area contributed by atoms with E-state index in [-0.39, 0.29) is 23.8 Å². The predicted molar refractivity (Wildman–Crippen MR) is 112 cm³/mol. The molecule has 1 fully saturated rings. The first-order valence-corrected chi connectivity index (χ1v) is 10.2. The lowest BCUT2D eigenvalue weighted by Crippen LogP contribution is -2.41. The Balaban J connectivity index is 1.63. The summed E-state index contributed by atoms with van der Waals surface area (Å²) in [6.45, 7) is 8.03. The van der Waals surface area contributed by atoms with Gasteiger partial charge >= 0.3 is 5.97 Å². The summed E-state index contributed by atoms with van der Waals surface area (Å²) in [5.41, 5.74) is 2.03. The van der Waals surface area contributed by atoms with Gasteiger partial charge in [-0.2, -0.15) is 0 Å². The molecule has 1 aliphatic rings. The third kappa shape index (κ3) is 4.69. The van der Waals surface area contributed by atoms with Gasteiger partial charge in [0.1, 0.15) is 11.5 Å². The molecular weight excluding hydrogens is 384 g/mol. The lowest BCUT2D eigenvalue weighted by Gasteiger charge is -2.31. The number of carbonyl (C=O) groups is 3. The number of rotatable bonds is 5. The zero-order valence-corrected chi connectivity index (χ0v) is 17.8. The van der Waals surface area contributed by atoms with Crippen molar-refractivity contribution in [3.05, 3.63) is 46.9 Å². The highest BCUT2D eigenvalue weighted by Gasteiger charge is 2.31. The molecule has 30 heavy (non-hydrogen) atoms. The lowest BCUT2D eigenvalue weighted by atomic mass is 9.95. The number of esters is 1. The minimum absolute atomic E-state index is 0.0774. The molecule has 1 saturated heterocycles. The molecule has 0 aromatic carbocycles. The Kier molecular flexibility index (Phi) is 6.54. The van der Waals surface area contributed by atoms with Gasteiger partial charge in [-0.25, -0.2) is 9.78 Å². The molecule has 3 rings (SSSR count). The number of H-pyrrole nitrogens is 1. The quantitative estimate of drug-likeness (QED) is 0.735. The van der Waals surface area contributed by atoms with Gasteiger partial charge in [0.2, 0.25) is 5.91 Å². The standard InChI is InChI=1S/C22H28N4O4/c1-13(2)30-22(29)18-14(3)19(24-15(18)4)21(28)26-11-8-16(9-12-26)20(27)25-17-7-5-6-10-23-17/h5-7,10,13,16,24H,8-9,11-12H2,1-4H3,(H,23,25,27). The number of hydrogen-bond acceptors (Lipinski definition) is 5. The largest absolute Gasteiger partial charge is 0.459 e. The normalized spacial score (nSPS) is 14.6. The summed E-state index contributed by atoms with van der Waals surface area (Å²) in [5.74, 6) is -0.312. The van der Waals surface area contributed by atoms with Crippen molar-refractivity contribution in [2.75, 3.05) is 18.4 Å². The first-order chi connectivity index (χ1) is 14.3. The maximum absolute atomic E-state index is 13.0. The number of anilines is 1. The van der Waals surface area contributed by atoms with E-state index in [1.165, 1.54) is 0 Å². The topological polar surface area (TPSA) is 104 Å². The molecule has 0 unspecified atom stereocenters. The summed E-state index contributed by atoms with van der Waals surface area (Å²) in [4.78, 5) is 46.7. The molecule has 160 valence electrons. The molecule has 8 nitrogen and oxygen atoms in total. The van der Waals surface area contributed by atoms with Crippen LogP contribution in [0.15, 0.2) is 24.4 Å². The van der Waals surface area contributed by atoms with E-state index in [1.807, 2.05) is 6.07 Å². The van der Waals surface area contributed by atoms with E-state index < -0.39 is 5.97 Å². The van der Waals surface area contributed by atoms with Gasteiger partial charge in [0.15, 0.2) is 0 Å². The molecule has 2 aromatic rings. The Morgan fingerprint density at radius 3 is 2.50 bits per heavy atom. The van der Waals surface area contributed by atoms with E-state index in [0.29, 0.717) is 54.3 Å². The number of nitrogens with zero attached hydrogens (tertiary/aromatic N) is 2. The number of piperidine rings is 1. The Morgan fingerprint density at radius 1 is 1.20 bits per heavy atom. The van der Waals surface area contributed by atoms with Gasteiger partial charge < -0.3 is 19.9 Å². The molecule has 0 radical (unpaired) electrons. The van der Waals surface area contributed by atoms with Gasteiger partial charge in [-0.15, -0.1) is 0 Å². The van der Waals surface area contributed by atoms with E-state index in [2.05, 4.69) is 15.3 Å². The van der Waals surface area contributed by atoms with Gasteiger partial charge in [0, 0.05) is 30.9 Å². The molecule has 2 aromatic heterocycles. The third-order valence-electron chi connectivity index (χ3n) is 5.27. The number of pyridine rings is 1. The van der Waals surface area contributed by atoms with E-state index in [0.717, 1.165) is 0 Å². The van der Waals surface area contributed by atoms with Crippen LogP contribution in [0, 0.1) is 19.8 Å². The van der Waals surface area contributed by atoms with Gasteiger partial charge in [-0.3, -0.25) is 9.59 Å². The maximum Gasteiger partial charge on any atom is 0.340 e. The Bertz CT molecular complexity index is 928. The fourth-order valence-corrected chi connectivity index (χ4v) is 3.71. The average Bonchev–Trinajstić information content (AvgIpc) is 3.02. The van der Waals surface area contributed by atoms with Crippen molar-refractivity contribution in [1.29, 1.82) is 0 Å². The second kappa shape index (κ2) is 9.11. The first-order valence-electron chi connectivity index (χ1n) is 10.2.